The molecule has 1 aliphatic rings. The van der Waals surface area contributed by atoms with Crippen LogP contribution in [0.15, 0.2) is 48.5 Å². The molecule has 28 heavy (non-hydrogen) atoms. The van der Waals surface area contributed by atoms with Gasteiger partial charge in [0.1, 0.15) is 12.7 Å². The zero-order valence-electron chi connectivity index (χ0n) is 16.1. The van der Waals surface area contributed by atoms with E-state index in [0.717, 1.165) is 11.3 Å². The molecule has 148 valence electrons. The summed E-state index contributed by atoms with van der Waals surface area (Å²) in [5, 5.41) is 5.49. The van der Waals surface area contributed by atoms with Gasteiger partial charge in [-0.05, 0) is 36.9 Å². The zero-order chi connectivity index (χ0) is 19.9. The van der Waals surface area contributed by atoms with Crippen molar-refractivity contribution < 1.29 is 19.1 Å². The van der Waals surface area contributed by atoms with Crippen LogP contribution in [0.3, 0.4) is 0 Å². The lowest BCUT2D eigenvalue weighted by molar-refractivity contribution is -0.122. The lowest BCUT2D eigenvalue weighted by atomic mass is 10.1. The molecule has 7 nitrogen and oxygen atoms in total. The van der Waals surface area contributed by atoms with Gasteiger partial charge in [0.25, 0.3) is 5.91 Å². The number of fused-ring (bicyclic) bond motifs is 1. The molecule has 2 aromatic carbocycles. The number of hydrogen-bond donors (Lipinski definition) is 2. The molecular weight excluding hydrogens is 358 g/mol. The smallest absolute Gasteiger partial charge is 0.251 e. The van der Waals surface area contributed by atoms with Gasteiger partial charge in [0.15, 0.2) is 11.5 Å². The van der Waals surface area contributed by atoms with Gasteiger partial charge in [-0.1, -0.05) is 24.3 Å². The number of hydrogen-bond acceptors (Lipinski definition) is 5. The highest BCUT2D eigenvalue weighted by Gasteiger charge is 2.21. The van der Waals surface area contributed by atoms with Crippen molar-refractivity contribution in [1.29, 1.82) is 0 Å². The van der Waals surface area contributed by atoms with Gasteiger partial charge < -0.3 is 20.1 Å². The lowest BCUT2D eigenvalue weighted by Crippen LogP contribution is -2.43. The molecule has 0 saturated heterocycles. The Morgan fingerprint density at radius 2 is 1.82 bits per heavy atom. The Kier molecular flexibility index (Phi) is 6.49. The van der Waals surface area contributed by atoms with Gasteiger partial charge in [-0.25, -0.2) is 0 Å². The fourth-order valence-electron chi connectivity index (χ4n) is 2.97. The molecule has 0 aromatic heterocycles. The van der Waals surface area contributed by atoms with E-state index in [4.69, 9.17) is 9.47 Å². The second kappa shape index (κ2) is 9.23. The van der Waals surface area contributed by atoms with Crippen LogP contribution in [0.2, 0.25) is 0 Å². The van der Waals surface area contributed by atoms with Gasteiger partial charge in [-0.15, -0.1) is 0 Å². The van der Waals surface area contributed by atoms with Gasteiger partial charge in [0.2, 0.25) is 5.91 Å². The van der Waals surface area contributed by atoms with E-state index in [1.54, 1.807) is 19.2 Å². The molecule has 0 saturated carbocycles. The van der Waals surface area contributed by atoms with Crippen LogP contribution in [0.4, 0.5) is 0 Å². The quantitative estimate of drug-likeness (QED) is 0.756. The van der Waals surface area contributed by atoms with Crippen molar-refractivity contribution in [3.05, 3.63) is 59.7 Å². The van der Waals surface area contributed by atoms with Gasteiger partial charge in [0.05, 0.1) is 13.1 Å². The second-order valence-corrected chi connectivity index (χ2v) is 6.75. The van der Waals surface area contributed by atoms with E-state index >= 15 is 0 Å². The Morgan fingerprint density at radius 3 is 2.54 bits per heavy atom. The summed E-state index contributed by atoms with van der Waals surface area (Å²) in [7, 11) is 3.48. The molecule has 1 aliphatic heterocycles. The molecule has 1 atom stereocenters. The highest BCUT2D eigenvalue weighted by Crippen LogP contribution is 2.30. The van der Waals surface area contributed by atoms with E-state index in [1.807, 2.05) is 48.3 Å². The first-order valence-corrected chi connectivity index (χ1v) is 9.20. The fourth-order valence-corrected chi connectivity index (χ4v) is 2.97. The molecule has 0 radical (unpaired) electrons. The number of nitrogens with one attached hydrogen (secondary N) is 2. The standard InChI is InChI=1S/C21H25N3O4/c1-22-21(26)16-9-7-15(8-10-16)12-24(2)13-20(25)23-11-17-14-27-18-5-3-4-6-19(18)28-17/h3-10,17H,11-14H2,1-2H3,(H,22,26)(H,23,25)/t17-/m1/s1. The third-order valence-corrected chi connectivity index (χ3v) is 4.40. The summed E-state index contributed by atoms with van der Waals surface area (Å²) in [4.78, 5) is 25.7. The highest BCUT2D eigenvalue weighted by atomic mass is 16.6. The Morgan fingerprint density at radius 1 is 1.11 bits per heavy atom. The molecular formula is C21H25N3O4. The van der Waals surface area contributed by atoms with E-state index in [1.165, 1.54) is 0 Å². The molecule has 0 spiro atoms. The lowest BCUT2D eigenvalue weighted by Gasteiger charge is -2.26. The normalized spacial score (nSPS) is 15.2. The van der Waals surface area contributed by atoms with E-state index in [-0.39, 0.29) is 24.5 Å². The predicted molar refractivity (Wildman–Crippen MR) is 106 cm³/mol. The molecule has 7 heteroatoms. The van der Waals surface area contributed by atoms with E-state index in [0.29, 0.717) is 31.0 Å². The van der Waals surface area contributed by atoms with E-state index in [9.17, 15) is 9.59 Å². The summed E-state index contributed by atoms with van der Waals surface area (Å²) in [5.41, 5.74) is 1.64. The van der Waals surface area contributed by atoms with Crippen LogP contribution in [-0.4, -0.2) is 56.6 Å². The van der Waals surface area contributed by atoms with Crippen LogP contribution in [0.5, 0.6) is 11.5 Å². The number of likely N-dealkylation sites (N-methyl/N-ethyl adjacent to an activating group) is 1. The van der Waals surface area contributed by atoms with Crippen molar-refractivity contribution in [3.63, 3.8) is 0 Å². The number of amides is 2. The maximum Gasteiger partial charge on any atom is 0.251 e. The van der Waals surface area contributed by atoms with E-state index < -0.39 is 0 Å². The van der Waals surface area contributed by atoms with Crippen molar-refractivity contribution in [2.45, 2.75) is 12.6 Å². The van der Waals surface area contributed by atoms with Crippen molar-refractivity contribution in [2.75, 3.05) is 33.8 Å². The monoisotopic (exact) mass is 383 g/mol. The summed E-state index contributed by atoms with van der Waals surface area (Å²) >= 11 is 0. The van der Waals surface area contributed by atoms with Crippen molar-refractivity contribution >= 4 is 11.8 Å². The van der Waals surface area contributed by atoms with Gasteiger partial charge >= 0.3 is 0 Å². The fraction of sp³-hybridized carbons (Fsp3) is 0.333. The molecule has 0 aliphatic carbocycles. The number of para-hydroxylation sites is 2. The molecule has 0 fully saturated rings. The first kappa shape index (κ1) is 19.7. The van der Waals surface area contributed by atoms with Gasteiger partial charge in [-0.3, -0.25) is 14.5 Å². The first-order valence-electron chi connectivity index (χ1n) is 9.20. The minimum atomic E-state index is -0.207. The van der Waals surface area contributed by atoms with E-state index in [2.05, 4.69) is 10.6 Å². The van der Waals surface area contributed by atoms with Gasteiger partial charge in [0, 0.05) is 19.2 Å². The number of carbonyl (C=O) groups excluding carboxylic acids is 2. The van der Waals surface area contributed by atoms with Crippen LogP contribution < -0.4 is 20.1 Å². The largest absolute Gasteiger partial charge is 0.486 e. The van der Waals surface area contributed by atoms with Crippen LogP contribution in [0.25, 0.3) is 0 Å². The third-order valence-electron chi connectivity index (χ3n) is 4.40. The number of carbonyl (C=O) groups is 2. The van der Waals surface area contributed by atoms with Crippen molar-refractivity contribution in [1.82, 2.24) is 15.5 Å². The summed E-state index contributed by atoms with van der Waals surface area (Å²) in [6.45, 7) is 1.67. The number of ether oxygens (including phenoxy) is 2. The second-order valence-electron chi connectivity index (χ2n) is 6.75. The number of rotatable bonds is 7. The average molecular weight is 383 g/mol. The Labute approximate surface area is 164 Å². The van der Waals surface area contributed by atoms with Gasteiger partial charge in [-0.2, -0.15) is 0 Å². The van der Waals surface area contributed by atoms with Crippen molar-refractivity contribution in [2.24, 2.45) is 0 Å². The highest BCUT2D eigenvalue weighted by molar-refractivity contribution is 5.93. The van der Waals surface area contributed by atoms with Crippen molar-refractivity contribution in [3.8, 4) is 11.5 Å². The summed E-state index contributed by atoms with van der Waals surface area (Å²) in [6, 6.07) is 14.8. The molecule has 0 unspecified atom stereocenters. The molecule has 3 rings (SSSR count). The minimum Gasteiger partial charge on any atom is -0.486 e. The van der Waals surface area contributed by atoms with Crippen LogP contribution in [0, 0.1) is 0 Å². The Hall–Kier alpha value is -3.06. The van der Waals surface area contributed by atoms with Crippen LogP contribution >= 0.6 is 0 Å². The third kappa shape index (κ3) is 5.23. The SMILES string of the molecule is CNC(=O)c1ccc(CN(C)CC(=O)NC[C@@H]2COc3ccccc3O2)cc1. The molecule has 2 N–H and O–H groups in total. The summed E-state index contributed by atoms with van der Waals surface area (Å²) in [5.74, 6) is 1.24. The molecule has 2 aromatic rings. The molecule has 2 amide bonds. The summed E-state index contributed by atoms with van der Waals surface area (Å²) < 4.78 is 11.5. The maximum absolute atomic E-state index is 12.2. The number of nitrogens with zero attached hydrogens (tertiary/aromatic N) is 1. The average Bonchev–Trinajstić information content (AvgIpc) is 2.72. The minimum absolute atomic E-state index is 0.0769. The van der Waals surface area contributed by atoms with Crippen LogP contribution in [0.1, 0.15) is 15.9 Å². The Balaban J connectivity index is 1.41. The van der Waals surface area contributed by atoms with Crippen LogP contribution in [-0.2, 0) is 11.3 Å². The predicted octanol–water partition coefficient (Wildman–Crippen LogP) is 1.43. The Bertz CT molecular complexity index is 823. The number of benzene rings is 2. The molecule has 1 heterocycles. The molecule has 0 bridgehead atoms. The maximum atomic E-state index is 12.2. The zero-order valence-corrected chi connectivity index (χ0v) is 16.1. The first-order chi connectivity index (χ1) is 13.5. The summed E-state index contributed by atoms with van der Waals surface area (Å²) in [6.07, 6.45) is -0.207. The topological polar surface area (TPSA) is 79.9 Å².